The number of aromatic hydroxyl groups is 1. The predicted octanol–water partition coefficient (Wildman–Crippen LogP) is 6.73. The molecule has 7 nitrogen and oxygen atoms in total. The second-order valence-electron chi connectivity index (χ2n) is 11.1. The maximum absolute atomic E-state index is 16.0. The summed E-state index contributed by atoms with van der Waals surface area (Å²) in [5.74, 6) is 6.01. The van der Waals surface area contributed by atoms with Crippen LogP contribution in [0.5, 0.6) is 17.2 Å². The molecule has 1 atom stereocenters. The third kappa shape index (κ3) is 5.87. The zero-order valence-corrected chi connectivity index (χ0v) is 24.3. The minimum atomic E-state index is -0.956. The van der Waals surface area contributed by atoms with E-state index >= 15 is 4.39 Å². The molecule has 2 N–H and O–H groups in total. The molecule has 2 heterocycles. The fraction of sp³-hybridized carbons (Fsp3) is 0.324. The van der Waals surface area contributed by atoms with Gasteiger partial charge in [-0.15, -0.1) is 5.92 Å². The number of rotatable bonds is 7. The number of para-hydroxylation sites is 2. The van der Waals surface area contributed by atoms with Gasteiger partial charge < -0.3 is 24.6 Å². The van der Waals surface area contributed by atoms with E-state index in [1.807, 2.05) is 31.2 Å². The first-order chi connectivity index (χ1) is 20.2. The Morgan fingerprint density at radius 2 is 1.98 bits per heavy atom. The molecule has 42 heavy (non-hydrogen) atoms. The molecule has 1 unspecified atom stereocenters. The number of allylic oxidation sites excluding steroid dienone is 1. The van der Waals surface area contributed by atoms with E-state index in [-0.39, 0.29) is 35.7 Å². The largest absolute Gasteiger partial charge is 0.506 e. The van der Waals surface area contributed by atoms with Crippen LogP contribution in [-0.4, -0.2) is 30.8 Å². The second kappa shape index (κ2) is 12.1. The van der Waals surface area contributed by atoms with Crippen LogP contribution in [-0.2, 0) is 16.0 Å². The molecule has 1 amide bonds. The summed E-state index contributed by atoms with van der Waals surface area (Å²) >= 11 is 0. The van der Waals surface area contributed by atoms with Crippen molar-refractivity contribution in [1.82, 2.24) is 0 Å². The van der Waals surface area contributed by atoms with Crippen LogP contribution in [0.4, 0.5) is 15.8 Å². The van der Waals surface area contributed by atoms with Crippen molar-refractivity contribution in [2.75, 3.05) is 30.0 Å². The molecule has 0 saturated heterocycles. The van der Waals surface area contributed by atoms with Gasteiger partial charge in [-0.25, -0.2) is 4.39 Å². The van der Waals surface area contributed by atoms with E-state index in [1.165, 1.54) is 11.0 Å². The summed E-state index contributed by atoms with van der Waals surface area (Å²) in [5, 5.41) is 14.3. The minimum absolute atomic E-state index is 0.0195. The monoisotopic (exact) mass is 570 g/mol. The maximum atomic E-state index is 16.0. The van der Waals surface area contributed by atoms with Crippen molar-refractivity contribution < 1.29 is 28.5 Å². The van der Waals surface area contributed by atoms with Crippen LogP contribution in [0.2, 0.25) is 0 Å². The van der Waals surface area contributed by atoms with Crippen LogP contribution < -0.4 is 19.7 Å². The lowest BCUT2D eigenvalue weighted by Crippen LogP contribution is -2.39. The van der Waals surface area contributed by atoms with Crippen LogP contribution >= 0.6 is 0 Å². The van der Waals surface area contributed by atoms with Gasteiger partial charge in [0.15, 0.2) is 0 Å². The third-order valence-electron chi connectivity index (χ3n) is 7.27. The summed E-state index contributed by atoms with van der Waals surface area (Å²) in [6, 6.07) is 15.9. The van der Waals surface area contributed by atoms with E-state index < -0.39 is 11.9 Å². The van der Waals surface area contributed by atoms with Gasteiger partial charge in [-0.2, -0.15) is 0 Å². The molecule has 2 aliphatic rings. The molecule has 0 radical (unpaired) electrons. The number of phenols is 1. The number of hydrogen-bond acceptors (Lipinski definition) is 6. The molecule has 0 bridgehead atoms. The van der Waals surface area contributed by atoms with Gasteiger partial charge in [0, 0.05) is 22.6 Å². The molecule has 3 aromatic carbocycles. The molecule has 2 aliphatic heterocycles. The van der Waals surface area contributed by atoms with E-state index in [0.717, 1.165) is 0 Å². The van der Waals surface area contributed by atoms with Gasteiger partial charge in [0.2, 0.25) is 5.91 Å². The fourth-order valence-corrected chi connectivity index (χ4v) is 5.35. The number of halogens is 1. The van der Waals surface area contributed by atoms with Crippen LogP contribution in [0.3, 0.4) is 0 Å². The molecule has 218 valence electrons. The molecule has 0 fully saturated rings. The quantitative estimate of drug-likeness (QED) is 0.242. The van der Waals surface area contributed by atoms with E-state index in [2.05, 4.69) is 31.0 Å². The van der Waals surface area contributed by atoms with Crippen molar-refractivity contribution in [3.8, 4) is 29.1 Å². The zero-order chi connectivity index (χ0) is 29.9. The van der Waals surface area contributed by atoms with Gasteiger partial charge in [0.05, 0.1) is 31.0 Å². The average molecular weight is 571 g/mol. The summed E-state index contributed by atoms with van der Waals surface area (Å²) in [6.07, 6.45) is 0.550. The van der Waals surface area contributed by atoms with Gasteiger partial charge in [-0.3, -0.25) is 9.69 Å². The maximum Gasteiger partial charge on any atom is 0.232 e. The average Bonchev–Trinajstić information content (AvgIpc) is 3.09. The number of nitrogens with zero attached hydrogens (tertiary/aromatic N) is 1. The SMILES string of the molecule is CC#CCOc1ccc(C2C3=C(CC(C)(C)CO3)Nc3c(O)cccc3N2C(=O)Cc2ccccc2OCC)c(F)c1. The summed E-state index contributed by atoms with van der Waals surface area (Å²) in [4.78, 5) is 15.9. The Kier molecular flexibility index (Phi) is 8.30. The highest BCUT2D eigenvalue weighted by Gasteiger charge is 2.42. The number of carbonyl (C=O) groups is 1. The molecular formula is C34H35FN2O5. The number of anilines is 2. The first-order valence-electron chi connectivity index (χ1n) is 14.0. The lowest BCUT2D eigenvalue weighted by Gasteiger charge is -2.38. The molecule has 0 spiro atoms. The van der Waals surface area contributed by atoms with E-state index in [1.54, 1.807) is 37.3 Å². The van der Waals surface area contributed by atoms with Gasteiger partial charge in [0.1, 0.15) is 47.2 Å². The summed E-state index contributed by atoms with van der Waals surface area (Å²) < 4.78 is 33.8. The molecule has 0 saturated carbocycles. The summed E-state index contributed by atoms with van der Waals surface area (Å²) in [5.41, 5.74) is 2.16. The van der Waals surface area contributed by atoms with Crippen molar-refractivity contribution in [2.24, 2.45) is 5.41 Å². The number of benzene rings is 3. The van der Waals surface area contributed by atoms with Crippen molar-refractivity contribution in [1.29, 1.82) is 0 Å². The Bertz CT molecular complexity index is 1590. The normalized spacial score (nSPS) is 17.0. The number of amides is 1. The Morgan fingerprint density at radius 3 is 2.74 bits per heavy atom. The number of hydrogen-bond donors (Lipinski definition) is 2. The van der Waals surface area contributed by atoms with E-state index in [9.17, 15) is 9.90 Å². The predicted molar refractivity (Wildman–Crippen MR) is 160 cm³/mol. The number of nitrogens with one attached hydrogen (secondary N) is 1. The molecule has 0 aliphatic carbocycles. The Labute approximate surface area is 245 Å². The Morgan fingerprint density at radius 1 is 1.17 bits per heavy atom. The topological polar surface area (TPSA) is 80.3 Å². The lowest BCUT2D eigenvalue weighted by molar-refractivity contribution is -0.118. The highest BCUT2D eigenvalue weighted by molar-refractivity contribution is 6.01. The fourth-order valence-electron chi connectivity index (χ4n) is 5.35. The second-order valence-corrected chi connectivity index (χ2v) is 11.1. The lowest BCUT2D eigenvalue weighted by atomic mass is 9.85. The van der Waals surface area contributed by atoms with Gasteiger partial charge in [0.25, 0.3) is 0 Å². The van der Waals surface area contributed by atoms with Crippen molar-refractivity contribution in [3.05, 3.63) is 89.1 Å². The van der Waals surface area contributed by atoms with Crippen molar-refractivity contribution >= 4 is 17.3 Å². The molecule has 8 heteroatoms. The third-order valence-corrected chi connectivity index (χ3v) is 7.27. The zero-order valence-electron chi connectivity index (χ0n) is 24.3. The Hall–Kier alpha value is -4.64. The number of fused-ring (bicyclic) bond motifs is 1. The van der Waals surface area contributed by atoms with E-state index in [0.29, 0.717) is 59.5 Å². The smallest absolute Gasteiger partial charge is 0.232 e. The van der Waals surface area contributed by atoms with Crippen LogP contribution in [0.1, 0.15) is 51.3 Å². The minimum Gasteiger partial charge on any atom is -0.506 e. The summed E-state index contributed by atoms with van der Waals surface area (Å²) in [7, 11) is 0. The van der Waals surface area contributed by atoms with Crippen LogP contribution in [0.25, 0.3) is 0 Å². The summed E-state index contributed by atoms with van der Waals surface area (Å²) in [6.45, 7) is 8.69. The Balaban J connectivity index is 1.68. The number of phenolic OH excluding ortho intramolecular Hbond substituents is 1. The van der Waals surface area contributed by atoms with Crippen molar-refractivity contribution in [3.63, 3.8) is 0 Å². The first kappa shape index (κ1) is 28.9. The van der Waals surface area contributed by atoms with Gasteiger partial charge in [-0.05, 0) is 50.6 Å². The van der Waals surface area contributed by atoms with Crippen molar-refractivity contribution in [2.45, 2.75) is 46.6 Å². The number of ether oxygens (including phenoxy) is 3. The van der Waals surface area contributed by atoms with Gasteiger partial charge in [-0.1, -0.05) is 44.0 Å². The van der Waals surface area contributed by atoms with Crippen LogP contribution in [0, 0.1) is 23.1 Å². The molecule has 0 aromatic heterocycles. The first-order valence-corrected chi connectivity index (χ1v) is 14.0. The highest BCUT2D eigenvalue weighted by Crippen LogP contribution is 2.50. The van der Waals surface area contributed by atoms with Crippen LogP contribution in [0.15, 0.2) is 72.1 Å². The number of carbonyl (C=O) groups excluding carboxylic acids is 1. The molecule has 5 rings (SSSR count). The molecule has 3 aromatic rings. The standard InChI is InChI=1S/C34H35FN2O5/c1-5-7-17-41-23-15-16-24(25(35)19-23)32-33-26(20-34(3,4)21-42-33)36-31-27(12-10-13-28(31)38)37(32)30(39)18-22-11-8-9-14-29(22)40-6-2/h8-16,19,32,36,38H,6,17-18,20-21H2,1-4H3. The van der Waals surface area contributed by atoms with E-state index in [4.69, 9.17) is 14.2 Å². The van der Waals surface area contributed by atoms with Gasteiger partial charge >= 0.3 is 0 Å². The molecular weight excluding hydrogens is 535 g/mol. The highest BCUT2D eigenvalue weighted by atomic mass is 19.1.